The van der Waals surface area contributed by atoms with Crippen molar-refractivity contribution in [1.82, 2.24) is 4.98 Å². The average Bonchev–Trinajstić information content (AvgIpc) is 2.78. The molecule has 2 heterocycles. The van der Waals surface area contributed by atoms with Crippen molar-refractivity contribution >= 4 is 39.8 Å². The maximum atomic E-state index is 4.65. The first-order chi connectivity index (χ1) is 10.8. The number of hydrogen-bond acceptors (Lipinski definition) is 3. The molecule has 1 aliphatic rings. The molecule has 0 bridgehead atoms. The van der Waals surface area contributed by atoms with Crippen LogP contribution in [0.2, 0.25) is 0 Å². The molecule has 2 aromatic rings. The van der Waals surface area contributed by atoms with Gasteiger partial charge in [-0.1, -0.05) is 32.9 Å². The van der Waals surface area contributed by atoms with E-state index in [0.29, 0.717) is 6.04 Å². The van der Waals surface area contributed by atoms with Gasteiger partial charge in [0.05, 0.1) is 5.69 Å². The van der Waals surface area contributed by atoms with Crippen LogP contribution in [0.3, 0.4) is 0 Å². The van der Waals surface area contributed by atoms with Gasteiger partial charge in [0.25, 0.3) is 0 Å². The van der Waals surface area contributed by atoms with Gasteiger partial charge in [-0.25, -0.2) is 4.98 Å². The lowest BCUT2D eigenvalue weighted by molar-refractivity contribution is 0.590. The molecule has 0 N–H and O–H groups in total. The standard InChI is InChI=1S/C19H24IN3/c1-13(2)22-16-7-6-12-21-17(16)23(18(22)20)15-10-8-14(9-11-15)19(3,4)5/h6-13,18H,1-5H3. The third-order valence-corrected chi connectivity index (χ3v) is 5.44. The quantitative estimate of drug-likeness (QED) is 0.365. The van der Waals surface area contributed by atoms with Crippen molar-refractivity contribution in [3.05, 3.63) is 48.2 Å². The lowest BCUT2D eigenvalue weighted by Gasteiger charge is -2.31. The van der Waals surface area contributed by atoms with Gasteiger partial charge in [0.15, 0.2) is 9.99 Å². The zero-order valence-electron chi connectivity index (χ0n) is 14.4. The summed E-state index contributed by atoms with van der Waals surface area (Å²) in [6.07, 6.45) is 1.88. The molecule has 1 aromatic carbocycles. The van der Waals surface area contributed by atoms with Crippen molar-refractivity contribution in [3.8, 4) is 0 Å². The summed E-state index contributed by atoms with van der Waals surface area (Å²) in [5.41, 5.74) is 3.93. The maximum absolute atomic E-state index is 4.65. The number of alkyl halides is 1. The number of hydrogen-bond donors (Lipinski definition) is 0. The number of anilines is 3. The third-order valence-electron chi connectivity index (χ3n) is 4.28. The van der Waals surface area contributed by atoms with Crippen LogP contribution in [-0.2, 0) is 5.41 Å². The zero-order chi connectivity index (χ0) is 16.8. The highest BCUT2D eigenvalue weighted by atomic mass is 127. The van der Waals surface area contributed by atoms with Crippen LogP contribution in [0.1, 0.15) is 40.2 Å². The van der Waals surface area contributed by atoms with E-state index in [1.807, 2.05) is 12.3 Å². The van der Waals surface area contributed by atoms with E-state index in [1.54, 1.807) is 0 Å². The van der Waals surface area contributed by atoms with Crippen LogP contribution in [-0.4, -0.2) is 15.2 Å². The Morgan fingerprint density at radius 1 is 1.09 bits per heavy atom. The van der Waals surface area contributed by atoms with E-state index < -0.39 is 0 Å². The van der Waals surface area contributed by atoms with E-state index in [-0.39, 0.29) is 9.59 Å². The van der Waals surface area contributed by atoms with Gasteiger partial charge in [-0.05, 0) is 71.7 Å². The molecule has 23 heavy (non-hydrogen) atoms. The van der Waals surface area contributed by atoms with Gasteiger partial charge >= 0.3 is 0 Å². The second-order valence-electron chi connectivity index (χ2n) is 7.32. The summed E-state index contributed by atoms with van der Waals surface area (Å²) >= 11 is 2.51. The van der Waals surface area contributed by atoms with Crippen LogP contribution in [0.4, 0.5) is 17.2 Å². The van der Waals surface area contributed by atoms with Crippen LogP contribution in [0, 0.1) is 0 Å². The molecule has 0 aliphatic carbocycles. The molecule has 1 atom stereocenters. The Bertz CT molecular complexity index is 689. The molecular weight excluding hydrogens is 397 g/mol. The Kier molecular flexibility index (Phi) is 4.29. The Hall–Kier alpha value is -1.30. The second kappa shape index (κ2) is 5.96. The fourth-order valence-corrected chi connectivity index (χ4v) is 4.54. The molecule has 3 nitrogen and oxygen atoms in total. The molecule has 1 aliphatic heterocycles. The van der Waals surface area contributed by atoms with Crippen molar-refractivity contribution in [2.75, 3.05) is 9.80 Å². The largest absolute Gasteiger partial charge is 0.337 e. The molecule has 0 fully saturated rings. The van der Waals surface area contributed by atoms with Crippen molar-refractivity contribution < 1.29 is 0 Å². The van der Waals surface area contributed by atoms with E-state index in [0.717, 1.165) is 5.82 Å². The summed E-state index contributed by atoms with van der Waals surface area (Å²) < 4.78 is 0.234. The predicted octanol–water partition coefficient (Wildman–Crippen LogP) is 5.46. The summed E-state index contributed by atoms with van der Waals surface area (Å²) in [5, 5.41) is 0. The van der Waals surface area contributed by atoms with Gasteiger partial charge in [-0.2, -0.15) is 0 Å². The molecule has 3 rings (SSSR count). The molecule has 0 radical (unpaired) electrons. The van der Waals surface area contributed by atoms with Gasteiger partial charge in [-0.3, -0.25) is 4.90 Å². The van der Waals surface area contributed by atoms with E-state index >= 15 is 0 Å². The Morgan fingerprint density at radius 3 is 2.30 bits per heavy atom. The minimum atomic E-state index is 0.174. The highest BCUT2D eigenvalue weighted by Gasteiger charge is 2.37. The number of aromatic nitrogens is 1. The Morgan fingerprint density at radius 2 is 1.74 bits per heavy atom. The fourth-order valence-electron chi connectivity index (χ4n) is 3.01. The summed E-state index contributed by atoms with van der Waals surface area (Å²) in [7, 11) is 0. The summed E-state index contributed by atoms with van der Waals surface area (Å²) in [6.45, 7) is 11.2. The van der Waals surface area contributed by atoms with Crippen LogP contribution in [0.25, 0.3) is 0 Å². The minimum absolute atomic E-state index is 0.174. The number of nitrogens with zero attached hydrogens (tertiary/aromatic N) is 3. The normalized spacial score (nSPS) is 17.8. The molecule has 0 saturated heterocycles. The zero-order valence-corrected chi connectivity index (χ0v) is 16.6. The smallest absolute Gasteiger partial charge is 0.161 e. The third kappa shape index (κ3) is 2.93. The summed E-state index contributed by atoms with van der Waals surface area (Å²) in [6, 6.07) is 13.5. The van der Waals surface area contributed by atoms with Gasteiger partial charge in [0.2, 0.25) is 0 Å². The number of fused-ring (bicyclic) bond motifs is 1. The molecule has 0 saturated carbocycles. The molecule has 1 unspecified atom stereocenters. The topological polar surface area (TPSA) is 19.4 Å². The highest BCUT2D eigenvalue weighted by Crippen LogP contribution is 2.45. The molecule has 122 valence electrons. The van der Waals surface area contributed by atoms with Crippen molar-refractivity contribution in [2.24, 2.45) is 0 Å². The highest BCUT2D eigenvalue weighted by molar-refractivity contribution is 14.1. The Balaban J connectivity index is 2.03. The van der Waals surface area contributed by atoms with Gasteiger partial charge in [0, 0.05) is 17.9 Å². The predicted molar refractivity (Wildman–Crippen MR) is 107 cm³/mol. The van der Waals surface area contributed by atoms with Crippen LogP contribution >= 0.6 is 22.6 Å². The summed E-state index contributed by atoms with van der Waals surface area (Å²) in [5.74, 6) is 1.05. The SMILES string of the molecule is CC(C)N1c2cccnc2N(c2ccc(C(C)(C)C)cc2)C1I. The first kappa shape index (κ1) is 16.6. The van der Waals surface area contributed by atoms with Crippen LogP contribution in [0.5, 0.6) is 0 Å². The number of halogens is 1. The number of pyridine rings is 1. The molecular formula is C19H24IN3. The van der Waals surface area contributed by atoms with Gasteiger partial charge < -0.3 is 4.90 Å². The van der Waals surface area contributed by atoms with Crippen LogP contribution in [0.15, 0.2) is 42.6 Å². The maximum Gasteiger partial charge on any atom is 0.161 e. The number of benzene rings is 1. The lowest BCUT2D eigenvalue weighted by Crippen LogP contribution is -2.40. The van der Waals surface area contributed by atoms with Gasteiger partial charge in [0.1, 0.15) is 0 Å². The van der Waals surface area contributed by atoms with E-state index in [1.165, 1.54) is 16.9 Å². The lowest BCUT2D eigenvalue weighted by atomic mass is 9.87. The fraction of sp³-hybridized carbons (Fsp3) is 0.421. The first-order valence-corrected chi connectivity index (χ1v) is 9.32. The van der Waals surface area contributed by atoms with Crippen molar-refractivity contribution in [2.45, 2.75) is 50.2 Å². The number of rotatable bonds is 2. The van der Waals surface area contributed by atoms with Crippen LogP contribution < -0.4 is 9.80 Å². The average molecular weight is 421 g/mol. The second-order valence-corrected chi connectivity index (χ2v) is 8.44. The van der Waals surface area contributed by atoms with E-state index in [2.05, 4.69) is 102 Å². The van der Waals surface area contributed by atoms with E-state index in [4.69, 9.17) is 0 Å². The van der Waals surface area contributed by atoms with Gasteiger partial charge in [-0.15, -0.1) is 0 Å². The monoisotopic (exact) mass is 421 g/mol. The molecule has 4 heteroatoms. The first-order valence-electron chi connectivity index (χ1n) is 8.08. The minimum Gasteiger partial charge on any atom is -0.337 e. The Labute approximate surface area is 152 Å². The van der Waals surface area contributed by atoms with Crippen molar-refractivity contribution in [1.29, 1.82) is 0 Å². The molecule has 0 spiro atoms. The van der Waals surface area contributed by atoms with Crippen molar-refractivity contribution in [3.63, 3.8) is 0 Å². The molecule has 0 amide bonds. The van der Waals surface area contributed by atoms with E-state index in [9.17, 15) is 0 Å². The summed E-state index contributed by atoms with van der Waals surface area (Å²) in [4.78, 5) is 9.39. The molecule has 1 aromatic heterocycles.